The number of benzene rings is 1. The Bertz CT molecular complexity index is 1030. The molecule has 0 unspecified atom stereocenters. The highest BCUT2D eigenvalue weighted by Gasteiger charge is 2.17. The van der Waals surface area contributed by atoms with Crippen LogP contribution in [0.2, 0.25) is 10.0 Å². The predicted molar refractivity (Wildman–Crippen MR) is 107 cm³/mol. The third-order valence-corrected chi connectivity index (χ3v) is 5.33. The van der Waals surface area contributed by atoms with Crippen LogP contribution in [0.4, 0.5) is 5.13 Å². The number of carbonyl (C=O) groups excluding carboxylic acids is 2. The van der Waals surface area contributed by atoms with Gasteiger partial charge in [-0.25, -0.2) is 14.8 Å². The van der Waals surface area contributed by atoms with E-state index in [0.29, 0.717) is 49.4 Å². The molecule has 1 aromatic carbocycles. The van der Waals surface area contributed by atoms with E-state index in [1.54, 1.807) is 31.3 Å². The van der Waals surface area contributed by atoms with Crippen molar-refractivity contribution in [2.45, 2.75) is 19.8 Å². The highest BCUT2D eigenvalue weighted by molar-refractivity contribution is 7.17. The monoisotopic (exact) mass is 439 g/mol. The van der Waals surface area contributed by atoms with Crippen molar-refractivity contribution in [2.24, 2.45) is 0 Å². The lowest BCUT2D eigenvalue weighted by atomic mass is 10.2. The lowest BCUT2D eigenvalue weighted by Gasteiger charge is -2.01. The zero-order chi connectivity index (χ0) is 20.3. The first-order chi connectivity index (χ1) is 13.4. The number of methoxy groups -OCH3 is 1. The maximum Gasteiger partial charge on any atom is 0.350 e. The van der Waals surface area contributed by atoms with Gasteiger partial charge in [0, 0.05) is 23.4 Å². The summed E-state index contributed by atoms with van der Waals surface area (Å²) in [5.74, 6) is 0.148. The molecule has 1 N–H and O–H groups in total. The van der Waals surface area contributed by atoms with Crippen LogP contribution in [0.3, 0.4) is 0 Å². The summed E-state index contributed by atoms with van der Waals surface area (Å²) in [5, 5.41) is 3.98. The number of ether oxygens (including phenoxy) is 1. The first-order valence-corrected chi connectivity index (χ1v) is 9.70. The van der Waals surface area contributed by atoms with Crippen LogP contribution < -0.4 is 5.32 Å². The Morgan fingerprint density at radius 2 is 2.11 bits per heavy atom. The van der Waals surface area contributed by atoms with E-state index in [-0.39, 0.29) is 12.3 Å². The van der Waals surface area contributed by atoms with Gasteiger partial charge in [0.1, 0.15) is 4.88 Å². The van der Waals surface area contributed by atoms with Gasteiger partial charge in [0.15, 0.2) is 16.8 Å². The molecule has 0 spiro atoms. The van der Waals surface area contributed by atoms with Crippen molar-refractivity contribution < 1.29 is 18.7 Å². The number of anilines is 1. The molecular weight excluding hydrogens is 425 g/mol. The van der Waals surface area contributed by atoms with E-state index < -0.39 is 5.97 Å². The molecule has 0 aliphatic heterocycles. The number of oxazole rings is 1. The lowest BCUT2D eigenvalue weighted by Crippen LogP contribution is -2.12. The van der Waals surface area contributed by atoms with E-state index in [4.69, 9.17) is 27.6 Å². The third kappa shape index (κ3) is 4.70. The average molecular weight is 440 g/mol. The van der Waals surface area contributed by atoms with Gasteiger partial charge >= 0.3 is 5.97 Å². The van der Waals surface area contributed by atoms with Crippen LogP contribution in [-0.4, -0.2) is 29.0 Å². The quantitative estimate of drug-likeness (QED) is 0.555. The van der Waals surface area contributed by atoms with E-state index in [1.165, 1.54) is 7.11 Å². The van der Waals surface area contributed by atoms with Gasteiger partial charge in [-0.2, -0.15) is 0 Å². The fourth-order valence-electron chi connectivity index (χ4n) is 2.37. The largest absolute Gasteiger partial charge is 0.465 e. The molecule has 10 heteroatoms. The van der Waals surface area contributed by atoms with Crippen LogP contribution in [0.15, 0.2) is 28.8 Å². The zero-order valence-electron chi connectivity index (χ0n) is 14.9. The predicted octanol–water partition coefficient (Wildman–Crippen LogP) is 4.77. The number of nitrogens with zero attached hydrogens (tertiary/aromatic N) is 2. The Balaban J connectivity index is 1.60. The highest BCUT2D eigenvalue weighted by atomic mass is 35.5. The van der Waals surface area contributed by atoms with Crippen LogP contribution in [0, 0.1) is 6.92 Å². The van der Waals surface area contributed by atoms with Gasteiger partial charge in [-0.3, -0.25) is 4.79 Å². The van der Waals surface area contributed by atoms with Gasteiger partial charge in [-0.1, -0.05) is 34.5 Å². The number of hydrogen-bond donors (Lipinski definition) is 1. The molecule has 146 valence electrons. The maximum absolute atomic E-state index is 12.1. The molecule has 0 bridgehead atoms. The molecule has 0 radical (unpaired) electrons. The Kier molecular flexibility index (Phi) is 6.33. The van der Waals surface area contributed by atoms with Crippen LogP contribution in [0.1, 0.15) is 27.7 Å². The van der Waals surface area contributed by atoms with Crippen molar-refractivity contribution >= 4 is 51.5 Å². The minimum Gasteiger partial charge on any atom is -0.465 e. The molecule has 0 fully saturated rings. The summed E-state index contributed by atoms with van der Waals surface area (Å²) >= 11 is 13.1. The number of aromatic nitrogens is 2. The second-order valence-corrected chi connectivity index (χ2v) is 7.56. The number of hydrogen-bond acceptors (Lipinski definition) is 7. The normalized spacial score (nSPS) is 10.7. The van der Waals surface area contributed by atoms with E-state index in [9.17, 15) is 9.59 Å². The summed E-state index contributed by atoms with van der Waals surface area (Å²) in [6.07, 6.45) is 1.99. The van der Waals surface area contributed by atoms with Gasteiger partial charge in [-0.05, 0) is 25.1 Å². The molecular formula is C18H15Cl2N3O4S. The van der Waals surface area contributed by atoms with E-state index in [2.05, 4.69) is 20.0 Å². The summed E-state index contributed by atoms with van der Waals surface area (Å²) in [6.45, 7) is 1.68. The van der Waals surface area contributed by atoms with Crippen molar-refractivity contribution in [2.75, 3.05) is 12.4 Å². The smallest absolute Gasteiger partial charge is 0.350 e. The molecule has 0 saturated heterocycles. The van der Waals surface area contributed by atoms with Gasteiger partial charge in [0.2, 0.25) is 5.91 Å². The van der Waals surface area contributed by atoms with Gasteiger partial charge < -0.3 is 14.5 Å². The second kappa shape index (κ2) is 8.72. The summed E-state index contributed by atoms with van der Waals surface area (Å²) in [6, 6.07) is 5.06. The maximum atomic E-state index is 12.1. The number of nitrogens with one attached hydrogen (secondary N) is 1. The van der Waals surface area contributed by atoms with Crippen LogP contribution in [-0.2, 0) is 16.0 Å². The number of aryl methyl sites for hydroxylation is 2. The number of esters is 1. The van der Waals surface area contributed by atoms with Gasteiger partial charge in [-0.15, -0.1) is 0 Å². The minimum absolute atomic E-state index is 0.139. The molecule has 1 amide bonds. The van der Waals surface area contributed by atoms with Crippen molar-refractivity contribution in [3.63, 3.8) is 0 Å². The number of thiazole rings is 1. The molecule has 0 atom stereocenters. The van der Waals surface area contributed by atoms with Gasteiger partial charge in [0.05, 0.1) is 24.0 Å². The molecule has 0 aliphatic rings. The number of halogens is 2. The molecule has 0 saturated carbocycles. The molecule has 28 heavy (non-hydrogen) atoms. The summed E-state index contributed by atoms with van der Waals surface area (Å²) in [5.41, 5.74) is 1.17. The number of amides is 1. The summed E-state index contributed by atoms with van der Waals surface area (Å²) in [4.78, 5) is 32.4. The number of carbonyl (C=O) groups is 2. The van der Waals surface area contributed by atoms with E-state index in [0.717, 1.165) is 11.3 Å². The molecule has 2 heterocycles. The van der Waals surface area contributed by atoms with Gasteiger partial charge in [0.25, 0.3) is 0 Å². The van der Waals surface area contributed by atoms with E-state index in [1.807, 2.05) is 0 Å². The lowest BCUT2D eigenvalue weighted by molar-refractivity contribution is -0.116. The van der Waals surface area contributed by atoms with E-state index >= 15 is 0 Å². The molecule has 2 aromatic heterocycles. The van der Waals surface area contributed by atoms with Crippen molar-refractivity contribution in [3.8, 4) is 11.3 Å². The Morgan fingerprint density at radius 1 is 1.32 bits per heavy atom. The Labute approximate surface area is 174 Å². The first-order valence-electron chi connectivity index (χ1n) is 8.13. The molecule has 0 aliphatic carbocycles. The average Bonchev–Trinajstić information content (AvgIpc) is 3.26. The fraction of sp³-hybridized carbons (Fsp3) is 0.222. The Morgan fingerprint density at radius 3 is 2.82 bits per heavy atom. The SMILES string of the molecule is COC(=O)c1sc(NC(=O)CCc2ncc(-c3ccc(Cl)cc3Cl)o2)nc1C. The fourth-order valence-corrected chi connectivity index (χ4v) is 3.78. The van der Waals surface area contributed by atoms with Crippen LogP contribution in [0.5, 0.6) is 0 Å². The molecule has 3 rings (SSSR count). The first kappa shape index (κ1) is 20.3. The molecule has 3 aromatic rings. The molecule has 7 nitrogen and oxygen atoms in total. The minimum atomic E-state index is -0.483. The number of rotatable bonds is 6. The standard InChI is InChI=1S/C18H15Cl2N3O4S/c1-9-16(17(25)26-2)28-18(22-9)23-14(24)5-6-15-21-8-13(27-15)11-4-3-10(19)7-12(11)20/h3-4,7-8H,5-6H2,1-2H3,(H,22,23,24). The van der Waals surface area contributed by atoms with Crippen molar-refractivity contribution in [3.05, 3.63) is 50.9 Å². The van der Waals surface area contributed by atoms with Crippen molar-refractivity contribution in [1.29, 1.82) is 0 Å². The third-order valence-electron chi connectivity index (χ3n) is 3.73. The zero-order valence-corrected chi connectivity index (χ0v) is 17.2. The van der Waals surface area contributed by atoms with Crippen LogP contribution in [0.25, 0.3) is 11.3 Å². The summed E-state index contributed by atoms with van der Waals surface area (Å²) < 4.78 is 10.3. The second-order valence-electron chi connectivity index (χ2n) is 5.72. The van der Waals surface area contributed by atoms with Crippen molar-refractivity contribution in [1.82, 2.24) is 9.97 Å². The topological polar surface area (TPSA) is 94.3 Å². The Hall–Kier alpha value is -2.42. The van der Waals surface area contributed by atoms with Crippen LogP contribution >= 0.6 is 34.5 Å². The highest BCUT2D eigenvalue weighted by Crippen LogP contribution is 2.31. The summed E-state index contributed by atoms with van der Waals surface area (Å²) in [7, 11) is 1.29.